The first kappa shape index (κ1) is 14.5. The summed E-state index contributed by atoms with van der Waals surface area (Å²) < 4.78 is 13.3. The van der Waals surface area contributed by atoms with Gasteiger partial charge in [0.05, 0.1) is 6.07 Å². The van der Waals surface area contributed by atoms with Gasteiger partial charge in [0, 0.05) is 12.6 Å². The maximum atomic E-state index is 13.3. The average Bonchev–Trinajstić information content (AvgIpc) is 2.49. The molecule has 0 heterocycles. The summed E-state index contributed by atoms with van der Waals surface area (Å²) in [6.07, 6.45) is 4.47. The summed E-state index contributed by atoms with van der Waals surface area (Å²) in [5.74, 6) is -0.534. The third-order valence-corrected chi connectivity index (χ3v) is 4.24. The summed E-state index contributed by atoms with van der Waals surface area (Å²) in [7, 11) is 1.68. The van der Waals surface area contributed by atoms with E-state index in [9.17, 15) is 14.4 Å². The van der Waals surface area contributed by atoms with Gasteiger partial charge < -0.3 is 4.90 Å². The Hall–Kier alpha value is -1.89. The molecule has 0 aromatic heterocycles. The van der Waals surface area contributed by atoms with Crippen LogP contribution in [0.25, 0.3) is 0 Å². The molecule has 0 N–H and O–H groups in total. The Labute approximate surface area is 119 Å². The Morgan fingerprint density at radius 2 is 2.00 bits per heavy atom. The van der Waals surface area contributed by atoms with Gasteiger partial charge in [-0.1, -0.05) is 19.3 Å². The fourth-order valence-electron chi connectivity index (χ4n) is 2.82. The molecule has 4 heteroatoms. The average molecular weight is 274 g/mol. The van der Waals surface area contributed by atoms with E-state index >= 15 is 0 Å². The summed E-state index contributed by atoms with van der Waals surface area (Å²) >= 11 is 0. The molecule has 1 aromatic rings. The highest BCUT2D eigenvalue weighted by molar-refractivity contribution is 5.95. The van der Waals surface area contributed by atoms with Crippen LogP contribution in [0.4, 0.5) is 4.39 Å². The topological polar surface area (TPSA) is 44.1 Å². The highest BCUT2D eigenvalue weighted by Crippen LogP contribution is 2.33. The maximum absolute atomic E-state index is 13.3. The maximum Gasteiger partial charge on any atom is 0.254 e. The molecule has 0 aliphatic heterocycles. The third-order valence-electron chi connectivity index (χ3n) is 4.24. The van der Waals surface area contributed by atoms with Gasteiger partial charge in [0.2, 0.25) is 0 Å². The van der Waals surface area contributed by atoms with Crippen LogP contribution in [0.1, 0.15) is 48.0 Å². The van der Waals surface area contributed by atoms with E-state index in [1.807, 2.05) is 0 Å². The standard InChI is InChI=1S/C16H19FN2O/c1-12-10-13(6-7-14(12)17)15(20)19(2)16(11-18)8-4-3-5-9-16/h6-7,10H,3-5,8-9H2,1-2H3. The smallest absolute Gasteiger partial charge is 0.254 e. The van der Waals surface area contributed by atoms with Gasteiger partial charge in [-0.2, -0.15) is 5.26 Å². The van der Waals surface area contributed by atoms with Crippen LogP contribution < -0.4 is 0 Å². The summed E-state index contributed by atoms with van der Waals surface area (Å²) in [4.78, 5) is 14.1. The number of carbonyl (C=O) groups excluding carboxylic acids is 1. The van der Waals surface area contributed by atoms with Crippen molar-refractivity contribution in [1.29, 1.82) is 5.26 Å². The van der Waals surface area contributed by atoms with Crippen LogP contribution in [-0.2, 0) is 0 Å². The lowest BCUT2D eigenvalue weighted by Crippen LogP contribution is -2.49. The van der Waals surface area contributed by atoms with E-state index in [2.05, 4.69) is 6.07 Å². The Balaban J connectivity index is 2.27. The second-order valence-corrected chi connectivity index (χ2v) is 5.53. The zero-order chi connectivity index (χ0) is 14.8. The van der Waals surface area contributed by atoms with Gasteiger partial charge in [0.15, 0.2) is 0 Å². The fraction of sp³-hybridized carbons (Fsp3) is 0.500. The highest BCUT2D eigenvalue weighted by Gasteiger charge is 2.39. The number of nitrogens with zero attached hydrogens (tertiary/aromatic N) is 2. The molecular formula is C16H19FN2O. The highest BCUT2D eigenvalue weighted by atomic mass is 19.1. The molecule has 20 heavy (non-hydrogen) atoms. The van der Waals surface area contributed by atoms with Gasteiger partial charge >= 0.3 is 0 Å². The van der Waals surface area contributed by atoms with Gasteiger partial charge in [-0.3, -0.25) is 4.79 Å². The van der Waals surface area contributed by atoms with Crippen LogP contribution >= 0.6 is 0 Å². The van der Waals surface area contributed by atoms with E-state index in [0.29, 0.717) is 24.0 Å². The molecule has 0 spiro atoms. The second kappa shape index (κ2) is 5.62. The Kier molecular flexibility index (Phi) is 4.08. The lowest BCUT2D eigenvalue weighted by Gasteiger charge is -2.39. The van der Waals surface area contributed by atoms with Crippen molar-refractivity contribution in [2.24, 2.45) is 0 Å². The fourth-order valence-corrected chi connectivity index (χ4v) is 2.82. The van der Waals surface area contributed by atoms with Crippen molar-refractivity contribution in [2.45, 2.75) is 44.6 Å². The number of amides is 1. The van der Waals surface area contributed by atoms with E-state index in [4.69, 9.17) is 0 Å². The first-order valence-corrected chi connectivity index (χ1v) is 6.96. The van der Waals surface area contributed by atoms with Crippen LogP contribution in [0.3, 0.4) is 0 Å². The summed E-state index contributed by atoms with van der Waals surface area (Å²) in [5, 5.41) is 9.50. The third kappa shape index (κ3) is 2.53. The predicted octanol–water partition coefficient (Wildman–Crippen LogP) is 3.43. The summed E-state index contributed by atoms with van der Waals surface area (Å²) in [6, 6.07) is 6.65. The van der Waals surface area contributed by atoms with Gasteiger partial charge in [-0.05, 0) is 43.5 Å². The number of halogens is 1. The molecule has 3 nitrogen and oxygen atoms in total. The van der Waals surface area contributed by atoms with E-state index < -0.39 is 5.54 Å². The molecule has 1 fully saturated rings. The van der Waals surface area contributed by atoms with Crippen molar-refractivity contribution in [2.75, 3.05) is 7.05 Å². The first-order chi connectivity index (χ1) is 9.50. The Bertz CT molecular complexity index is 556. The predicted molar refractivity (Wildman–Crippen MR) is 74.7 cm³/mol. The molecule has 0 atom stereocenters. The molecule has 0 saturated heterocycles. The minimum Gasteiger partial charge on any atom is -0.323 e. The van der Waals surface area contributed by atoms with Gasteiger partial charge in [-0.15, -0.1) is 0 Å². The molecule has 1 aliphatic rings. The lowest BCUT2D eigenvalue weighted by molar-refractivity contribution is 0.0589. The number of rotatable bonds is 2. The van der Waals surface area contributed by atoms with E-state index in [1.165, 1.54) is 12.1 Å². The largest absolute Gasteiger partial charge is 0.323 e. The van der Waals surface area contributed by atoms with Crippen molar-refractivity contribution in [3.8, 4) is 6.07 Å². The number of nitriles is 1. The van der Waals surface area contributed by atoms with Crippen LogP contribution in [0, 0.1) is 24.1 Å². The number of benzene rings is 1. The molecular weight excluding hydrogens is 255 g/mol. The number of aryl methyl sites for hydroxylation is 1. The van der Waals surface area contributed by atoms with Crippen molar-refractivity contribution in [3.63, 3.8) is 0 Å². The van der Waals surface area contributed by atoms with Crippen molar-refractivity contribution in [3.05, 3.63) is 35.1 Å². The molecule has 1 saturated carbocycles. The zero-order valence-corrected chi connectivity index (χ0v) is 11.9. The van der Waals surface area contributed by atoms with Crippen LogP contribution in [0.2, 0.25) is 0 Å². The SMILES string of the molecule is Cc1cc(C(=O)N(C)C2(C#N)CCCCC2)ccc1F. The first-order valence-electron chi connectivity index (χ1n) is 6.96. The summed E-state index contributed by atoms with van der Waals surface area (Å²) in [6.45, 7) is 1.63. The Morgan fingerprint density at radius 1 is 1.35 bits per heavy atom. The van der Waals surface area contributed by atoms with Crippen LogP contribution in [-0.4, -0.2) is 23.4 Å². The number of carbonyl (C=O) groups is 1. The molecule has 1 amide bonds. The quantitative estimate of drug-likeness (QED) is 0.829. The van der Waals surface area contributed by atoms with Crippen LogP contribution in [0.5, 0.6) is 0 Å². The second-order valence-electron chi connectivity index (χ2n) is 5.53. The molecule has 106 valence electrons. The zero-order valence-electron chi connectivity index (χ0n) is 11.9. The number of hydrogen-bond donors (Lipinski definition) is 0. The van der Waals surface area contributed by atoms with Crippen molar-refractivity contribution in [1.82, 2.24) is 4.90 Å². The monoisotopic (exact) mass is 274 g/mol. The summed E-state index contributed by atoms with van der Waals surface area (Å²) in [5.41, 5.74) is 0.169. The molecule has 0 unspecified atom stereocenters. The van der Waals surface area contributed by atoms with Gasteiger partial charge in [0.25, 0.3) is 5.91 Å². The normalized spacial score (nSPS) is 17.3. The molecule has 0 radical (unpaired) electrons. The molecule has 1 aliphatic carbocycles. The van der Waals surface area contributed by atoms with E-state index in [1.54, 1.807) is 24.9 Å². The minimum absolute atomic E-state index is 0.212. The van der Waals surface area contributed by atoms with E-state index in [-0.39, 0.29) is 11.7 Å². The molecule has 1 aromatic carbocycles. The minimum atomic E-state index is -0.711. The van der Waals surface area contributed by atoms with Crippen molar-refractivity contribution >= 4 is 5.91 Å². The lowest BCUT2D eigenvalue weighted by atomic mass is 9.81. The van der Waals surface area contributed by atoms with E-state index in [0.717, 1.165) is 19.3 Å². The molecule has 0 bridgehead atoms. The molecule has 2 rings (SSSR count). The van der Waals surface area contributed by atoms with Crippen molar-refractivity contribution < 1.29 is 9.18 Å². The van der Waals surface area contributed by atoms with Crippen LogP contribution in [0.15, 0.2) is 18.2 Å². The van der Waals surface area contributed by atoms with Gasteiger partial charge in [0.1, 0.15) is 11.4 Å². The Morgan fingerprint density at radius 3 is 2.55 bits per heavy atom. The van der Waals surface area contributed by atoms with Gasteiger partial charge in [-0.25, -0.2) is 4.39 Å². The number of hydrogen-bond acceptors (Lipinski definition) is 2.